The third kappa shape index (κ3) is 3.01. The molecule has 0 saturated carbocycles. The lowest BCUT2D eigenvalue weighted by atomic mass is 9.79. The normalized spacial score (nSPS) is 10.5. The van der Waals surface area contributed by atoms with Crippen LogP contribution in [0, 0.1) is 0 Å². The summed E-state index contributed by atoms with van der Waals surface area (Å²) in [5.74, 6) is -0.454. The Kier molecular flexibility index (Phi) is 4.31. The van der Waals surface area contributed by atoms with Crippen molar-refractivity contribution < 1.29 is 14.8 Å². The number of rotatable bonds is 4. The van der Waals surface area contributed by atoms with Crippen LogP contribution in [0.4, 0.5) is 0 Å². The molecular formula is C12H12BNO3S2. The van der Waals surface area contributed by atoms with Crippen molar-refractivity contribution in [2.24, 2.45) is 5.73 Å². The van der Waals surface area contributed by atoms with Crippen molar-refractivity contribution in [2.45, 2.75) is 4.21 Å². The van der Waals surface area contributed by atoms with Crippen LogP contribution in [0.2, 0.25) is 0 Å². The zero-order valence-corrected chi connectivity index (χ0v) is 11.8. The molecule has 0 aliphatic heterocycles. The van der Waals surface area contributed by atoms with E-state index in [0.717, 1.165) is 15.3 Å². The highest BCUT2D eigenvalue weighted by atomic mass is 32.2. The molecule has 0 spiro atoms. The van der Waals surface area contributed by atoms with Crippen LogP contribution in [-0.4, -0.2) is 29.3 Å². The van der Waals surface area contributed by atoms with Gasteiger partial charge in [-0.3, -0.25) is 4.79 Å². The van der Waals surface area contributed by atoms with Gasteiger partial charge in [-0.25, -0.2) is 0 Å². The fraction of sp³-hybridized carbons (Fsp3) is 0.0833. The summed E-state index contributed by atoms with van der Waals surface area (Å²) in [5.41, 5.74) is 7.42. The molecule has 19 heavy (non-hydrogen) atoms. The molecule has 1 amide bonds. The van der Waals surface area contributed by atoms with Gasteiger partial charge in [-0.15, -0.1) is 23.1 Å². The molecule has 0 bridgehead atoms. The zero-order valence-electron chi connectivity index (χ0n) is 10.2. The molecule has 0 aliphatic carbocycles. The van der Waals surface area contributed by atoms with Crippen LogP contribution in [0.3, 0.4) is 0 Å². The monoisotopic (exact) mass is 293 g/mol. The van der Waals surface area contributed by atoms with Gasteiger partial charge in [-0.2, -0.15) is 0 Å². The van der Waals surface area contributed by atoms with Gasteiger partial charge in [0.1, 0.15) is 0 Å². The zero-order chi connectivity index (χ0) is 14.0. The number of carbonyl (C=O) groups excluding carboxylic acids is 1. The first-order valence-corrected chi connectivity index (χ1v) is 7.51. The molecule has 4 nitrogen and oxygen atoms in total. The number of primary amides is 1. The van der Waals surface area contributed by atoms with Gasteiger partial charge >= 0.3 is 7.12 Å². The molecule has 0 fully saturated rings. The Morgan fingerprint density at radius 3 is 2.68 bits per heavy atom. The molecule has 1 heterocycles. The van der Waals surface area contributed by atoms with Gasteiger partial charge in [-0.1, -0.05) is 24.3 Å². The molecule has 1 aromatic carbocycles. The first-order chi connectivity index (χ1) is 9.02. The van der Waals surface area contributed by atoms with Crippen LogP contribution in [0.5, 0.6) is 0 Å². The number of amides is 1. The summed E-state index contributed by atoms with van der Waals surface area (Å²) in [6.45, 7) is 0. The summed E-state index contributed by atoms with van der Waals surface area (Å²) in [6.07, 6.45) is 1.92. The second kappa shape index (κ2) is 5.79. The van der Waals surface area contributed by atoms with E-state index in [2.05, 4.69) is 0 Å². The molecule has 2 aromatic rings. The summed E-state index contributed by atoms with van der Waals surface area (Å²) in [6, 6.07) is 8.67. The smallest absolute Gasteiger partial charge is 0.423 e. The van der Waals surface area contributed by atoms with Crippen molar-refractivity contribution in [1.82, 2.24) is 0 Å². The number of thiophene rings is 1. The Balaban J connectivity index is 2.51. The maximum absolute atomic E-state index is 11.2. The molecule has 0 saturated heterocycles. The van der Waals surface area contributed by atoms with E-state index in [0.29, 0.717) is 10.3 Å². The quantitative estimate of drug-likeness (QED) is 0.578. The first-order valence-electron chi connectivity index (χ1n) is 5.47. The van der Waals surface area contributed by atoms with Crippen LogP contribution in [0.25, 0.3) is 11.1 Å². The van der Waals surface area contributed by atoms with Crippen molar-refractivity contribution in [3.8, 4) is 11.1 Å². The minimum Gasteiger partial charge on any atom is -0.423 e. The molecule has 0 unspecified atom stereocenters. The summed E-state index contributed by atoms with van der Waals surface area (Å²) >= 11 is 2.87. The van der Waals surface area contributed by atoms with Crippen LogP contribution < -0.4 is 11.2 Å². The average molecular weight is 293 g/mol. The number of thioether (sulfide) groups is 1. The van der Waals surface area contributed by atoms with Crippen LogP contribution in [-0.2, 0) is 0 Å². The van der Waals surface area contributed by atoms with Gasteiger partial charge in [0, 0.05) is 5.56 Å². The SMILES string of the molecule is CSc1sc(C(N)=O)cc1-c1cccc(B(O)O)c1. The molecule has 4 N–H and O–H groups in total. The average Bonchev–Trinajstić information content (AvgIpc) is 2.83. The molecule has 1 aromatic heterocycles. The largest absolute Gasteiger partial charge is 0.488 e. The lowest BCUT2D eigenvalue weighted by Crippen LogP contribution is -2.29. The number of hydrogen-bond acceptors (Lipinski definition) is 5. The molecule has 0 aliphatic rings. The molecule has 7 heteroatoms. The minimum absolute atomic E-state index is 0.413. The predicted molar refractivity (Wildman–Crippen MR) is 79.9 cm³/mol. The van der Waals surface area contributed by atoms with E-state index in [4.69, 9.17) is 5.73 Å². The second-order valence-electron chi connectivity index (χ2n) is 3.88. The molecule has 2 rings (SSSR count). The summed E-state index contributed by atoms with van der Waals surface area (Å²) in [7, 11) is -1.51. The van der Waals surface area contributed by atoms with Crippen LogP contribution >= 0.6 is 23.1 Å². The Morgan fingerprint density at radius 2 is 2.11 bits per heavy atom. The molecule has 0 atom stereocenters. The van der Waals surface area contributed by atoms with E-state index < -0.39 is 13.0 Å². The Bertz CT molecular complexity index is 613. The van der Waals surface area contributed by atoms with Crippen molar-refractivity contribution in [1.29, 1.82) is 0 Å². The van der Waals surface area contributed by atoms with E-state index in [9.17, 15) is 14.8 Å². The number of hydrogen-bond donors (Lipinski definition) is 3. The van der Waals surface area contributed by atoms with E-state index in [1.54, 1.807) is 24.3 Å². The number of benzene rings is 1. The number of carbonyl (C=O) groups is 1. The van der Waals surface area contributed by atoms with Gasteiger partial charge in [0.25, 0.3) is 5.91 Å². The van der Waals surface area contributed by atoms with Crippen molar-refractivity contribution in [3.05, 3.63) is 35.2 Å². The van der Waals surface area contributed by atoms with Gasteiger partial charge in [0.05, 0.1) is 9.09 Å². The van der Waals surface area contributed by atoms with Crippen LogP contribution in [0.1, 0.15) is 9.67 Å². The highest BCUT2D eigenvalue weighted by Gasteiger charge is 2.16. The fourth-order valence-corrected chi connectivity index (χ4v) is 3.48. The third-order valence-corrected chi connectivity index (χ3v) is 4.91. The third-order valence-electron chi connectivity index (χ3n) is 2.62. The summed E-state index contributed by atoms with van der Waals surface area (Å²) in [5, 5.41) is 18.4. The fourth-order valence-electron chi connectivity index (χ4n) is 1.72. The van der Waals surface area contributed by atoms with Crippen LogP contribution in [0.15, 0.2) is 34.5 Å². The van der Waals surface area contributed by atoms with E-state index in [-0.39, 0.29) is 0 Å². The van der Waals surface area contributed by atoms with Gasteiger partial charge in [0.15, 0.2) is 0 Å². The van der Waals surface area contributed by atoms with Crippen molar-refractivity contribution in [2.75, 3.05) is 6.26 Å². The Hall–Kier alpha value is -1.28. The van der Waals surface area contributed by atoms with Crippen molar-refractivity contribution >= 4 is 41.6 Å². The lowest BCUT2D eigenvalue weighted by Gasteiger charge is -2.04. The Labute approximate surface area is 119 Å². The Morgan fingerprint density at radius 1 is 1.37 bits per heavy atom. The lowest BCUT2D eigenvalue weighted by molar-refractivity contribution is 0.100. The van der Waals surface area contributed by atoms with E-state index in [1.165, 1.54) is 23.1 Å². The van der Waals surface area contributed by atoms with Gasteiger partial charge < -0.3 is 15.8 Å². The van der Waals surface area contributed by atoms with Crippen molar-refractivity contribution in [3.63, 3.8) is 0 Å². The topological polar surface area (TPSA) is 83.6 Å². The summed E-state index contributed by atoms with van der Waals surface area (Å²) < 4.78 is 0.971. The number of nitrogens with two attached hydrogens (primary N) is 1. The van der Waals surface area contributed by atoms with E-state index >= 15 is 0 Å². The maximum atomic E-state index is 11.2. The van der Waals surface area contributed by atoms with E-state index in [1.807, 2.05) is 12.3 Å². The minimum atomic E-state index is -1.51. The molecule has 0 radical (unpaired) electrons. The highest BCUT2D eigenvalue weighted by molar-refractivity contribution is 8.00. The molecule has 98 valence electrons. The predicted octanol–water partition coefficient (Wildman–Crippen LogP) is 0.916. The maximum Gasteiger partial charge on any atom is 0.488 e. The summed E-state index contributed by atoms with van der Waals surface area (Å²) in [4.78, 5) is 11.7. The molecular weight excluding hydrogens is 281 g/mol. The first kappa shape index (κ1) is 14.1. The van der Waals surface area contributed by atoms with Gasteiger partial charge in [-0.05, 0) is 23.3 Å². The highest BCUT2D eigenvalue weighted by Crippen LogP contribution is 2.37. The standard InChI is InChI=1S/C12H12BNO3S2/c1-18-12-9(6-10(19-12)11(14)15)7-3-2-4-8(5-7)13(16)17/h2-6,16-17H,1H3,(H2,14,15). The second-order valence-corrected chi connectivity index (χ2v) is 6.01. The van der Waals surface area contributed by atoms with Gasteiger partial charge in [0.2, 0.25) is 0 Å².